The second kappa shape index (κ2) is 4.93. The lowest BCUT2D eigenvalue weighted by atomic mass is 10.2. The van der Waals surface area contributed by atoms with E-state index in [1.807, 2.05) is 55.3 Å². The van der Waals surface area contributed by atoms with Crippen LogP contribution < -0.4 is 10.6 Å². The maximum absolute atomic E-state index is 5.57. The summed E-state index contributed by atoms with van der Waals surface area (Å²) in [5.41, 5.74) is 8.68. The molecule has 0 atom stereocenters. The van der Waals surface area contributed by atoms with Gasteiger partial charge >= 0.3 is 0 Å². The van der Waals surface area contributed by atoms with E-state index in [0.29, 0.717) is 6.54 Å². The summed E-state index contributed by atoms with van der Waals surface area (Å²) in [7, 11) is 1.97. The molecule has 2 N–H and O–H groups in total. The second-order valence-electron chi connectivity index (χ2n) is 3.96. The molecular formula is C13H16N4. The highest BCUT2D eigenvalue weighted by atomic mass is 15.2. The van der Waals surface area contributed by atoms with Crippen molar-refractivity contribution in [1.29, 1.82) is 0 Å². The van der Waals surface area contributed by atoms with E-state index in [2.05, 4.69) is 10.2 Å². The summed E-state index contributed by atoms with van der Waals surface area (Å²) in [4.78, 5) is 1.99. The van der Waals surface area contributed by atoms with Crippen molar-refractivity contribution in [3.63, 3.8) is 0 Å². The highest BCUT2D eigenvalue weighted by Crippen LogP contribution is 2.21. The second-order valence-corrected chi connectivity index (χ2v) is 3.96. The molecule has 0 aliphatic carbocycles. The van der Waals surface area contributed by atoms with Gasteiger partial charge in [-0.15, -0.1) is 5.10 Å². The Morgan fingerprint density at radius 3 is 2.29 bits per heavy atom. The standard InChI is InChI=1S/C13H16N4/c1-10-3-8-13(16-15-10)17(2)12-6-4-11(9-14)5-7-12/h3-8H,9,14H2,1-2H3. The maximum atomic E-state index is 5.57. The molecule has 2 rings (SSSR count). The zero-order valence-electron chi connectivity index (χ0n) is 10.1. The number of hydrogen-bond donors (Lipinski definition) is 1. The van der Waals surface area contributed by atoms with Gasteiger partial charge in [-0.3, -0.25) is 0 Å². The lowest BCUT2D eigenvalue weighted by molar-refractivity contribution is 0.951. The molecule has 88 valence electrons. The summed E-state index contributed by atoms with van der Waals surface area (Å²) in [5.74, 6) is 0.830. The number of nitrogens with two attached hydrogens (primary N) is 1. The van der Waals surface area contributed by atoms with Gasteiger partial charge in [0.25, 0.3) is 0 Å². The Kier molecular flexibility index (Phi) is 3.35. The van der Waals surface area contributed by atoms with Crippen molar-refractivity contribution in [2.75, 3.05) is 11.9 Å². The van der Waals surface area contributed by atoms with Gasteiger partial charge in [0.2, 0.25) is 0 Å². The average molecular weight is 228 g/mol. The maximum Gasteiger partial charge on any atom is 0.155 e. The molecule has 4 heteroatoms. The molecule has 0 aliphatic heterocycles. The molecule has 1 heterocycles. The highest BCUT2D eigenvalue weighted by Gasteiger charge is 2.05. The first-order chi connectivity index (χ1) is 8.20. The van der Waals surface area contributed by atoms with Crippen LogP contribution in [0.25, 0.3) is 0 Å². The van der Waals surface area contributed by atoms with Crippen LogP contribution in [0.15, 0.2) is 36.4 Å². The number of hydrogen-bond acceptors (Lipinski definition) is 4. The SMILES string of the molecule is Cc1ccc(N(C)c2ccc(CN)cc2)nn1. The van der Waals surface area contributed by atoms with Crippen LogP contribution in [-0.2, 0) is 6.54 Å². The first kappa shape index (κ1) is 11.5. The number of anilines is 2. The topological polar surface area (TPSA) is 55.0 Å². The van der Waals surface area contributed by atoms with Crippen LogP contribution in [0.3, 0.4) is 0 Å². The van der Waals surface area contributed by atoms with Gasteiger partial charge in [-0.2, -0.15) is 5.10 Å². The summed E-state index contributed by atoms with van der Waals surface area (Å²) in [6.45, 7) is 2.49. The molecule has 0 unspecified atom stereocenters. The van der Waals surface area contributed by atoms with E-state index in [4.69, 9.17) is 5.73 Å². The predicted molar refractivity (Wildman–Crippen MR) is 69.2 cm³/mol. The van der Waals surface area contributed by atoms with Gasteiger partial charge in [-0.1, -0.05) is 12.1 Å². The predicted octanol–water partition coefficient (Wildman–Crippen LogP) is 2.01. The van der Waals surface area contributed by atoms with E-state index < -0.39 is 0 Å². The Labute approximate surface area is 101 Å². The van der Waals surface area contributed by atoms with Crippen LogP contribution in [0.2, 0.25) is 0 Å². The quantitative estimate of drug-likeness (QED) is 0.873. The zero-order valence-corrected chi connectivity index (χ0v) is 10.1. The fraction of sp³-hybridized carbons (Fsp3) is 0.231. The minimum absolute atomic E-state index is 0.564. The van der Waals surface area contributed by atoms with E-state index >= 15 is 0 Å². The van der Waals surface area contributed by atoms with Crippen molar-refractivity contribution >= 4 is 11.5 Å². The van der Waals surface area contributed by atoms with Crippen LogP contribution in [0.4, 0.5) is 11.5 Å². The Hall–Kier alpha value is -1.94. The molecule has 0 amide bonds. The van der Waals surface area contributed by atoms with Gasteiger partial charge in [0.05, 0.1) is 5.69 Å². The van der Waals surface area contributed by atoms with Crippen LogP contribution in [0, 0.1) is 6.92 Å². The summed E-state index contributed by atoms with van der Waals surface area (Å²) in [5, 5.41) is 8.20. The number of benzene rings is 1. The summed E-state index contributed by atoms with van der Waals surface area (Å²) < 4.78 is 0. The third-order valence-electron chi connectivity index (χ3n) is 2.69. The number of rotatable bonds is 3. The van der Waals surface area contributed by atoms with Crippen molar-refractivity contribution in [3.05, 3.63) is 47.7 Å². The average Bonchev–Trinajstić information content (AvgIpc) is 2.39. The number of nitrogens with zero attached hydrogens (tertiary/aromatic N) is 3. The van der Waals surface area contributed by atoms with Crippen molar-refractivity contribution in [2.24, 2.45) is 5.73 Å². The summed E-state index contributed by atoms with van der Waals surface area (Å²) in [6, 6.07) is 12.0. The molecule has 0 radical (unpaired) electrons. The summed E-state index contributed by atoms with van der Waals surface area (Å²) in [6.07, 6.45) is 0. The molecule has 4 nitrogen and oxygen atoms in total. The van der Waals surface area contributed by atoms with Crippen molar-refractivity contribution < 1.29 is 0 Å². The van der Waals surface area contributed by atoms with Crippen molar-refractivity contribution in [2.45, 2.75) is 13.5 Å². The fourth-order valence-corrected chi connectivity index (χ4v) is 1.56. The van der Waals surface area contributed by atoms with Gasteiger partial charge in [0.1, 0.15) is 0 Å². The number of aromatic nitrogens is 2. The largest absolute Gasteiger partial charge is 0.328 e. The van der Waals surface area contributed by atoms with Crippen molar-refractivity contribution in [3.8, 4) is 0 Å². The van der Waals surface area contributed by atoms with E-state index in [1.165, 1.54) is 0 Å². The van der Waals surface area contributed by atoms with E-state index in [9.17, 15) is 0 Å². The van der Waals surface area contributed by atoms with Gasteiger partial charge in [0, 0.05) is 19.3 Å². The molecule has 2 aromatic rings. The molecule has 0 aliphatic rings. The van der Waals surface area contributed by atoms with Gasteiger partial charge in [-0.05, 0) is 36.8 Å². The molecule has 0 spiro atoms. The smallest absolute Gasteiger partial charge is 0.155 e. The van der Waals surface area contributed by atoms with E-state index in [0.717, 1.165) is 22.8 Å². The van der Waals surface area contributed by atoms with Crippen LogP contribution in [-0.4, -0.2) is 17.2 Å². The minimum atomic E-state index is 0.564. The molecular weight excluding hydrogens is 212 g/mol. The molecule has 1 aromatic heterocycles. The normalized spacial score (nSPS) is 10.3. The molecule has 0 saturated carbocycles. The van der Waals surface area contributed by atoms with Crippen LogP contribution in [0.5, 0.6) is 0 Å². The number of aryl methyl sites for hydroxylation is 1. The highest BCUT2D eigenvalue weighted by molar-refractivity contribution is 5.58. The third kappa shape index (κ3) is 2.60. The molecule has 0 saturated heterocycles. The lowest BCUT2D eigenvalue weighted by Crippen LogP contribution is -2.12. The molecule has 0 fully saturated rings. The third-order valence-corrected chi connectivity index (χ3v) is 2.69. The first-order valence-corrected chi connectivity index (χ1v) is 5.54. The van der Waals surface area contributed by atoms with Crippen LogP contribution >= 0.6 is 0 Å². The van der Waals surface area contributed by atoms with Crippen LogP contribution in [0.1, 0.15) is 11.3 Å². The first-order valence-electron chi connectivity index (χ1n) is 5.54. The van der Waals surface area contributed by atoms with Gasteiger partial charge < -0.3 is 10.6 Å². The van der Waals surface area contributed by atoms with Gasteiger partial charge in [-0.25, -0.2) is 0 Å². The molecule has 1 aromatic carbocycles. The monoisotopic (exact) mass is 228 g/mol. The fourth-order valence-electron chi connectivity index (χ4n) is 1.56. The van der Waals surface area contributed by atoms with E-state index in [-0.39, 0.29) is 0 Å². The Morgan fingerprint density at radius 2 is 1.76 bits per heavy atom. The lowest BCUT2D eigenvalue weighted by Gasteiger charge is -2.17. The summed E-state index contributed by atoms with van der Waals surface area (Å²) >= 11 is 0. The zero-order chi connectivity index (χ0) is 12.3. The Balaban J connectivity index is 2.23. The van der Waals surface area contributed by atoms with Crippen molar-refractivity contribution in [1.82, 2.24) is 10.2 Å². The molecule has 0 bridgehead atoms. The van der Waals surface area contributed by atoms with E-state index in [1.54, 1.807) is 0 Å². The minimum Gasteiger partial charge on any atom is -0.328 e. The Morgan fingerprint density at radius 1 is 1.06 bits per heavy atom. The van der Waals surface area contributed by atoms with Gasteiger partial charge in [0.15, 0.2) is 5.82 Å². The molecule has 17 heavy (non-hydrogen) atoms. The Bertz CT molecular complexity index is 476.